The van der Waals surface area contributed by atoms with Gasteiger partial charge in [0.2, 0.25) is 5.91 Å². The van der Waals surface area contributed by atoms with E-state index in [1.54, 1.807) is 6.92 Å². The first-order chi connectivity index (χ1) is 8.15. The van der Waals surface area contributed by atoms with Gasteiger partial charge in [0.1, 0.15) is 0 Å². The molecule has 0 aromatic rings. The van der Waals surface area contributed by atoms with E-state index in [1.807, 2.05) is 4.90 Å². The average molecular weight is 240 g/mol. The highest BCUT2D eigenvalue weighted by molar-refractivity contribution is 5.73. The zero-order chi connectivity index (χ0) is 12.3. The lowest BCUT2D eigenvalue weighted by atomic mass is 10.1. The molecule has 0 spiro atoms. The van der Waals surface area contributed by atoms with Crippen molar-refractivity contribution in [2.45, 2.75) is 25.8 Å². The van der Waals surface area contributed by atoms with Gasteiger partial charge in [-0.15, -0.1) is 0 Å². The summed E-state index contributed by atoms with van der Waals surface area (Å²) in [4.78, 5) is 15.5. The summed E-state index contributed by atoms with van der Waals surface area (Å²) in [6.07, 6.45) is 2.15. The van der Waals surface area contributed by atoms with Crippen molar-refractivity contribution in [3.8, 4) is 0 Å². The maximum Gasteiger partial charge on any atom is 0.219 e. The van der Waals surface area contributed by atoms with E-state index in [0.717, 1.165) is 52.1 Å². The topological polar surface area (TPSA) is 38.8 Å². The van der Waals surface area contributed by atoms with Crippen LogP contribution in [0.5, 0.6) is 0 Å². The Bertz CT molecular complexity index is 255. The average Bonchev–Trinajstić information content (AvgIpc) is 2.33. The second-order valence-electron chi connectivity index (χ2n) is 5.20. The monoisotopic (exact) mass is 240 g/mol. The van der Waals surface area contributed by atoms with Gasteiger partial charge in [0.15, 0.2) is 0 Å². The van der Waals surface area contributed by atoms with Crippen molar-refractivity contribution in [1.29, 1.82) is 0 Å². The fourth-order valence-electron chi connectivity index (χ4n) is 2.52. The number of hydrogen-bond donors (Lipinski definition) is 1. The predicted octanol–water partition coefficient (Wildman–Crippen LogP) is -0.251. The van der Waals surface area contributed by atoms with Gasteiger partial charge >= 0.3 is 0 Å². The minimum absolute atomic E-state index is 0.211. The van der Waals surface area contributed by atoms with Gasteiger partial charge in [0.05, 0.1) is 0 Å². The molecule has 0 aliphatic carbocycles. The first kappa shape index (κ1) is 12.8. The second kappa shape index (κ2) is 5.80. The molecule has 2 aliphatic heterocycles. The molecule has 0 aromatic carbocycles. The van der Waals surface area contributed by atoms with Crippen LogP contribution < -0.4 is 5.43 Å². The predicted molar refractivity (Wildman–Crippen MR) is 67.5 cm³/mol. The van der Waals surface area contributed by atoms with Crippen molar-refractivity contribution in [2.24, 2.45) is 0 Å². The van der Waals surface area contributed by atoms with Crippen LogP contribution in [0.2, 0.25) is 0 Å². The van der Waals surface area contributed by atoms with E-state index in [4.69, 9.17) is 0 Å². The zero-order valence-corrected chi connectivity index (χ0v) is 11.0. The van der Waals surface area contributed by atoms with E-state index in [9.17, 15) is 4.79 Å². The van der Waals surface area contributed by atoms with Crippen LogP contribution in [-0.2, 0) is 4.79 Å². The Hall–Kier alpha value is -0.650. The minimum atomic E-state index is 0.211. The fourth-order valence-corrected chi connectivity index (χ4v) is 2.52. The van der Waals surface area contributed by atoms with Gasteiger partial charge in [-0.25, -0.2) is 5.01 Å². The standard InChI is InChI=1S/C12H24N4O/c1-11(17)15-5-3-12(4-6-15)13-16-9-7-14(2)8-10-16/h12-13H,3-10H2,1-2H3. The summed E-state index contributed by atoms with van der Waals surface area (Å²) in [5, 5.41) is 2.34. The number of piperidine rings is 1. The number of carbonyl (C=O) groups excluding carboxylic acids is 1. The van der Waals surface area contributed by atoms with Crippen LogP contribution in [0.1, 0.15) is 19.8 Å². The molecule has 0 aromatic heterocycles. The molecule has 2 heterocycles. The molecule has 0 saturated carbocycles. The minimum Gasteiger partial charge on any atom is -0.343 e. The Kier molecular flexibility index (Phi) is 4.36. The van der Waals surface area contributed by atoms with Gasteiger partial charge in [-0.3, -0.25) is 10.2 Å². The number of hydrogen-bond acceptors (Lipinski definition) is 4. The third-order valence-electron chi connectivity index (χ3n) is 3.81. The molecule has 98 valence electrons. The number of hydrazine groups is 1. The number of likely N-dealkylation sites (tertiary alicyclic amines) is 1. The van der Waals surface area contributed by atoms with Crippen LogP contribution in [-0.4, -0.2) is 73.1 Å². The molecular weight excluding hydrogens is 216 g/mol. The first-order valence-corrected chi connectivity index (χ1v) is 6.60. The van der Waals surface area contributed by atoms with Gasteiger partial charge in [-0.2, -0.15) is 0 Å². The molecule has 0 radical (unpaired) electrons. The highest BCUT2D eigenvalue weighted by Gasteiger charge is 2.23. The number of piperazine rings is 1. The Balaban J connectivity index is 1.69. The maximum absolute atomic E-state index is 11.2. The van der Waals surface area contributed by atoms with Crippen molar-refractivity contribution in [2.75, 3.05) is 46.3 Å². The molecule has 2 fully saturated rings. The van der Waals surface area contributed by atoms with E-state index >= 15 is 0 Å². The highest BCUT2D eigenvalue weighted by atomic mass is 16.2. The number of carbonyl (C=O) groups is 1. The third kappa shape index (κ3) is 3.66. The number of nitrogens with zero attached hydrogens (tertiary/aromatic N) is 3. The van der Waals surface area contributed by atoms with Gasteiger partial charge < -0.3 is 9.80 Å². The highest BCUT2D eigenvalue weighted by Crippen LogP contribution is 2.11. The molecule has 0 atom stereocenters. The molecule has 2 rings (SSSR count). The molecule has 17 heavy (non-hydrogen) atoms. The molecule has 0 unspecified atom stereocenters. The van der Waals surface area contributed by atoms with Crippen LogP contribution in [0.4, 0.5) is 0 Å². The van der Waals surface area contributed by atoms with Crippen molar-refractivity contribution in [3.05, 3.63) is 0 Å². The summed E-state index contributed by atoms with van der Waals surface area (Å²) in [5.74, 6) is 0.211. The van der Waals surface area contributed by atoms with E-state index in [2.05, 4.69) is 22.4 Å². The number of amides is 1. The summed E-state index contributed by atoms with van der Waals surface area (Å²) >= 11 is 0. The molecule has 5 nitrogen and oxygen atoms in total. The van der Waals surface area contributed by atoms with E-state index in [-0.39, 0.29) is 5.91 Å². The fraction of sp³-hybridized carbons (Fsp3) is 0.917. The third-order valence-corrected chi connectivity index (χ3v) is 3.81. The summed E-state index contributed by atoms with van der Waals surface area (Å²) in [5.41, 5.74) is 3.61. The van der Waals surface area contributed by atoms with Crippen LogP contribution in [0.25, 0.3) is 0 Å². The van der Waals surface area contributed by atoms with Gasteiger partial charge in [-0.1, -0.05) is 0 Å². The molecule has 2 aliphatic rings. The SMILES string of the molecule is CC(=O)N1CCC(NN2CCN(C)CC2)CC1. The number of likely N-dealkylation sites (N-methyl/N-ethyl adjacent to an activating group) is 1. The smallest absolute Gasteiger partial charge is 0.219 e. The van der Waals surface area contributed by atoms with Gasteiger partial charge in [0.25, 0.3) is 0 Å². The summed E-state index contributed by atoms with van der Waals surface area (Å²) in [6, 6.07) is 0.550. The van der Waals surface area contributed by atoms with Gasteiger partial charge in [-0.05, 0) is 19.9 Å². The summed E-state index contributed by atoms with van der Waals surface area (Å²) in [7, 11) is 2.17. The normalized spacial score (nSPS) is 25.2. The summed E-state index contributed by atoms with van der Waals surface area (Å²) < 4.78 is 0. The lowest BCUT2D eigenvalue weighted by molar-refractivity contribution is -0.130. The zero-order valence-electron chi connectivity index (χ0n) is 11.0. The Morgan fingerprint density at radius 1 is 1.06 bits per heavy atom. The summed E-state index contributed by atoms with van der Waals surface area (Å²) in [6.45, 7) is 7.95. The van der Waals surface area contributed by atoms with Crippen molar-refractivity contribution >= 4 is 5.91 Å². The molecule has 1 N–H and O–H groups in total. The van der Waals surface area contributed by atoms with Crippen LogP contribution >= 0.6 is 0 Å². The Morgan fingerprint density at radius 3 is 2.18 bits per heavy atom. The molecule has 5 heteroatoms. The maximum atomic E-state index is 11.2. The lowest BCUT2D eigenvalue weighted by Crippen LogP contribution is -2.56. The lowest BCUT2D eigenvalue weighted by Gasteiger charge is -2.38. The largest absolute Gasteiger partial charge is 0.343 e. The van der Waals surface area contributed by atoms with Crippen molar-refractivity contribution in [1.82, 2.24) is 20.2 Å². The van der Waals surface area contributed by atoms with Gasteiger partial charge in [0, 0.05) is 52.2 Å². The Morgan fingerprint density at radius 2 is 1.65 bits per heavy atom. The van der Waals surface area contributed by atoms with E-state index < -0.39 is 0 Å². The number of nitrogens with one attached hydrogen (secondary N) is 1. The van der Waals surface area contributed by atoms with Crippen LogP contribution in [0, 0.1) is 0 Å². The van der Waals surface area contributed by atoms with E-state index in [0.29, 0.717) is 6.04 Å². The molecule has 2 saturated heterocycles. The number of rotatable bonds is 2. The quantitative estimate of drug-likeness (QED) is 0.722. The molecule has 1 amide bonds. The van der Waals surface area contributed by atoms with Crippen LogP contribution in [0.15, 0.2) is 0 Å². The second-order valence-corrected chi connectivity index (χ2v) is 5.20. The molecule has 0 bridgehead atoms. The Labute approximate surface area is 104 Å². The van der Waals surface area contributed by atoms with Crippen LogP contribution in [0.3, 0.4) is 0 Å². The first-order valence-electron chi connectivity index (χ1n) is 6.60. The van der Waals surface area contributed by atoms with Crippen molar-refractivity contribution in [3.63, 3.8) is 0 Å². The van der Waals surface area contributed by atoms with E-state index in [1.165, 1.54) is 0 Å². The van der Waals surface area contributed by atoms with Crippen molar-refractivity contribution < 1.29 is 4.79 Å². The molecular formula is C12H24N4O.